The summed E-state index contributed by atoms with van der Waals surface area (Å²) in [5.41, 5.74) is 2.12. The second-order valence-electron chi connectivity index (χ2n) is 5.14. The van der Waals surface area contributed by atoms with Crippen LogP contribution >= 0.6 is 11.6 Å². The van der Waals surface area contributed by atoms with E-state index in [0.29, 0.717) is 5.92 Å². The van der Waals surface area contributed by atoms with Crippen LogP contribution in [-0.4, -0.2) is 34.2 Å². The summed E-state index contributed by atoms with van der Waals surface area (Å²) in [4.78, 5) is 6.97. The molecule has 4 nitrogen and oxygen atoms in total. The van der Waals surface area contributed by atoms with Crippen molar-refractivity contribution in [2.45, 2.75) is 46.0 Å². The number of anilines is 1. The van der Waals surface area contributed by atoms with E-state index in [1.165, 1.54) is 12.8 Å². The predicted octanol–water partition coefficient (Wildman–Crippen LogP) is 2.84. The Morgan fingerprint density at radius 3 is 2.68 bits per heavy atom. The van der Waals surface area contributed by atoms with Gasteiger partial charge in [0.25, 0.3) is 0 Å². The molecule has 2 rings (SSSR count). The summed E-state index contributed by atoms with van der Waals surface area (Å²) in [6.45, 7) is 6.28. The lowest BCUT2D eigenvalue weighted by Gasteiger charge is -2.32. The highest BCUT2D eigenvalue weighted by atomic mass is 35.5. The highest BCUT2D eigenvalue weighted by molar-refractivity contribution is 6.17. The van der Waals surface area contributed by atoms with Gasteiger partial charge in [-0.3, -0.25) is 0 Å². The average molecular weight is 283 g/mol. The van der Waals surface area contributed by atoms with Crippen molar-refractivity contribution in [3.63, 3.8) is 0 Å². The SMILES string of the molecule is CCc1nnc(N2CCCC(CCCl)C2)nc1CC. The molecule has 0 saturated carbocycles. The van der Waals surface area contributed by atoms with Crippen molar-refractivity contribution < 1.29 is 0 Å². The molecule has 0 spiro atoms. The summed E-state index contributed by atoms with van der Waals surface area (Å²) >= 11 is 5.85. The summed E-state index contributed by atoms with van der Waals surface area (Å²) in [5.74, 6) is 2.21. The molecule has 1 aromatic heterocycles. The zero-order valence-electron chi connectivity index (χ0n) is 11.9. The van der Waals surface area contributed by atoms with Gasteiger partial charge in [0.2, 0.25) is 5.95 Å². The number of aromatic nitrogens is 3. The Bertz CT molecular complexity index is 408. The Labute approximate surface area is 120 Å². The molecule has 1 aliphatic rings. The van der Waals surface area contributed by atoms with Gasteiger partial charge in [0, 0.05) is 19.0 Å². The lowest BCUT2D eigenvalue weighted by atomic mass is 9.96. The van der Waals surface area contributed by atoms with E-state index < -0.39 is 0 Å². The molecule has 0 N–H and O–H groups in total. The Kier molecular flexibility index (Phi) is 5.37. The standard InChI is InChI=1S/C14H23ClN4/c1-3-12-13(4-2)17-18-14(16-12)19-9-5-6-11(10-19)7-8-15/h11H,3-10H2,1-2H3. The maximum Gasteiger partial charge on any atom is 0.245 e. The van der Waals surface area contributed by atoms with Crippen LogP contribution in [0.5, 0.6) is 0 Å². The van der Waals surface area contributed by atoms with Crippen molar-refractivity contribution in [1.82, 2.24) is 15.2 Å². The number of halogens is 1. The van der Waals surface area contributed by atoms with Crippen LogP contribution in [-0.2, 0) is 12.8 Å². The molecular weight excluding hydrogens is 260 g/mol. The van der Waals surface area contributed by atoms with Crippen LogP contribution in [0.25, 0.3) is 0 Å². The average Bonchev–Trinajstić information content (AvgIpc) is 2.47. The molecule has 0 bridgehead atoms. The topological polar surface area (TPSA) is 41.9 Å². The Hall–Kier alpha value is -0.900. The molecule has 0 aliphatic carbocycles. The van der Waals surface area contributed by atoms with Gasteiger partial charge in [-0.15, -0.1) is 16.7 Å². The summed E-state index contributed by atoms with van der Waals surface area (Å²) in [6.07, 6.45) is 5.37. The zero-order valence-corrected chi connectivity index (χ0v) is 12.7. The van der Waals surface area contributed by atoms with Crippen LogP contribution in [0.1, 0.15) is 44.5 Å². The number of hydrogen-bond acceptors (Lipinski definition) is 4. The minimum atomic E-state index is 0.672. The Morgan fingerprint density at radius 2 is 2.00 bits per heavy atom. The van der Waals surface area contributed by atoms with E-state index in [2.05, 4.69) is 28.9 Å². The molecule has 0 radical (unpaired) electrons. The Morgan fingerprint density at radius 1 is 1.21 bits per heavy atom. The fraction of sp³-hybridized carbons (Fsp3) is 0.786. The van der Waals surface area contributed by atoms with E-state index in [4.69, 9.17) is 16.6 Å². The third-order valence-electron chi connectivity index (χ3n) is 3.82. The zero-order chi connectivity index (χ0) is 13.7. The van der Waals surface area contributed by atoms with Gasteiger partial charge < -0.3 is 4.90 Å². The van der Waals surface area contributed by atoms with Crippen LogP contribution in [0.15, 0.2) is 0 Å². The van der Waals surface area contributed by atoms with Gasteiger partial charge in [-0.05, 0) is 38.0 Å². The van der Waals surface area contributed by atoms with Crippen LogP contribution in [0.3, 0.4) is 0 Å². The summed E-state index contributed by atoms with van der Waals surface area (Å²) in [6, 6.07) is 0. The Balaban J connectivity index is 2.12. The molecule has 1 unspecified atom stereocenters. The second kappa shape index (κ2) is 7.04. The molecule has 1 aromatic rings. The molecule has 1 saturated heterocycles. The fourth-order valence-electron chi connectivity index (χ4n) is 2.70. The van der Waals surface area contributed by atoms with E-state index in [-0.39, 0.29) is 0 Å². The van der Waals surface area contributed by atoms with Crippen molar-refractivity contribution in [1.29, 1.82) is 0 Å². The van der Waals surface area contributed by atoms with Gasteiger partial charge in [-0.1, -0.05) is 13.8 Å². The number of alkyl halides is 1. The lowest BCUT2D eigenvalue weighted by Crippen LogP contribution is -2.37. The van der Waals surface area contributed by atoms with Gasteiger partial charge >= 0.3 is 0 Å². The minimum Gasteiger partial charge on any atom is -0.339 e. The first-order chi connectivity index (χ1) is 9.28. The summed E-state index contributed by atoms with van der Waals surface area (Å²) in [7, 11) is 0. The number of rotatable bonds is 5. The normalized spacial score (nSPS) is 19.7. The van der Waals surface area contributed by atoms with Gasteiger partial charge in [0.05, 0.1) is 11.4 Å². The maximum absolute atomic E-state index is 5.85. The van der Waals surface area contributed by atoms with Crippen molar-refractivity contribution in [3.05, 3.63) is 11.4 Å². The molecule has 19 heavy (non-hydrogen) atoms. The first-order valence-electron chi connectivity index (χ1n) is 7.31. The second-order valence-corrected chi connectivity index (χ2v) is 5.52. The summed E-state index contributed by atoms with van der Waals surface area (Å²) in [5, 5.41) is 8.64. The highest BCUT2D eigenvalue weighted by Crippen LogP contribution is 2.23. The van der Waals surface area contributed by atoms with E-state index in [9.17, 15) is 0 Å². The van der Waals surface area contributed by atoms with E-state index in [0.717, 1.165) is 55.6 Å². The molecule has 1 fully saturated rings. The van der Waals surface area contributed by atoms with Crippen LogP contribution < -0.4 is 4.90 Å². The highest BCUT2D eigenvalue weighted by Gasteiger charge is 2.22. The number of nitrogens with zero attached hydrogens (tertiary/aromatic N) is 4. The maximum atomic E-state index is 5.85. The van der Waals surface area contributed by atoms with Gasteiger partial charge in [-0.25, -0.2) is 4.98 Å². The largest absolute Gasteiger partial charge is 0.339 e. The molecule has 5 heteroatoms. The number of hydrogen-bond donors (Lipinski definition) is 0. The molecule has 1 aliphatic heterocycles. The summed E-state index contributed by atoms with van der Waals surface area (Å²) < 4.78 is 0. The minimum absolute atomic E-state index is 0.672. The van der Waals surface area contributed by atoms with Crippen LogP contribution in [0.4, 0.5) is 5.95 Å². The van der Waals surface area contributed by atoms with Gasteiger partial charge in [0.1, 0.15) is 0 Å². The van der Waals surface area contributed by atoms with Crippen molar-refractivity contribution in [2.24, 2.45) is 5.92 Å². The van der Waals surface area contributed by atoms with Crippen molar-refractivity contribution in [2.75, 3.05) is 23.9 Å². The van der Waals surface area contributed by atoms with E-state index in [1.807, 2.05) is 0 Å². The smallest absolute Gasteiger partial charge is 0.245 e. The predicted molar refractivity (Wildman–Crippen MR) is 78.9 cm³/mol. The molecule has 0 amide bonds. The van der Waals surface area contributed by atoms with Crippen LogP contribution in [0, 0.1) is 5.92 Å². The molecule has 106 valence electrons. The molecule has 0 aromatic carbocycles. The third kappa shape index (κ3) is 3.56. The van der Waals surface area contributed by atoms with Crippen LogP contribution in [0.2, 0.25) is 0 Å². The quantitative estimate of drug-likeness (QED) is 0.779. The van der Waals surface area contributed by atoms with Gasteiger partial charge in [0.15, 0.2) is 0 Å². The molecule has 1 atom stereocenters. The first kappa shape index (κ1) is 14.5. The molecular formula is C14H23ClN4. The first-order valence-corrected chi connectivity index (χ1v) is 7.85. The van der Waals surface area contributed by atoms with E-state index in [1.54, 1.807) is 0 Å². The fourth-order valence-corrected chi connectivity index (χ4v) is 3.01. The molecule has 2 heterocycles. The number of piperidine rings is 1. The van der Waals surface area contributed by atoms with Crippen molar-refractivity contribution in [3.8, 4) is 0 Å². The number of aryl methyl sites for hydroxylation is 2. The van der Waals surface area contributed by atoms with E-state index >= 15 is 0 Å². The van der Waals surface area contributed by atoms with Gasteiger partial charge in [-0.2, -0.15) is 5.10 Å². The lowest BCUT2D eigenvalue weighted by molar-refractivity contribution is 0.401. The van der Waals surface area contributed by atoms with Crippen molar-refractivity contribution >= 4 is 17.5 Å². The monoisotopic (exact) mass is 282 g/mol. The third-order valence-corrected chi connectivity index (χ3v) is 4.04.